The van der Waals surface area contributed by atoms with Gasteiger partial charge in [-0.15, -0.1) is 0 Å². The van der Waals surface area contributed by atoms with Crippen LogP contribution in [0.4, 0.5) is 0 Å². The van der Waals surface area contributed by atoms with Gasteiger partial charge in [0.05, 0.1) is 0 Å². The molecule has 1 heterocycles. The van der Waals surface area contributed by atoms with Gasteiger partial charge in [-0.05, 0) is 18.9 Å². The first kappa shape index (κ1) is 7.42. The fourth-order valence-electron chi connectivity index (χ4n) is 1.32. The maximum Gasteiger partial charge on any atom is 0.0145 e. The zero-order valence-corrected chi connectivity index (χ0v) is 6.82. The fraction of sp³-hybridized carbons (Fsp3) is 1.00. The first-order valence-electron chi connectivity index (χ1n) is 3.71. The summed E-state index contributed by atoms with van der Waals surface area (Å²) in [5.41, 5.74) is 0. The molecule has 0 aromatic carbocycles. The predicted octanol–water partition coefficient (Wildman–Crippen LogP) is 1.30. The average molecular weight is 145 g/mol. The van der Waals surface area contributed by atoms with Gasteiger partial charge in [-0.25, -0.2) is 0 Å². The molecule has 54 valence electrons. The number of rotatable bonds is 1. The van der Waals surface area contributed by atoms with Crippen LogP contribution in [0, 0.1) is 5.92 Å². The number of hydrogen-bond donors (Lipinski definition) is 2. The third kappa shape index (κ3) is 2.18. The molecule has 0 aliphatic carbocycles. The summed E-state index contributed by atoms with van der Waals surface area (Å²) in [5, 5.41) is 3.96. The van der Waals surface area contributed by atoms with Crippen molar-refractivity contribution in [2.75, 3.05) is 13.1 Å². The highest BCUT2D eigenvalue weighted by Gasteiger charge is 2.16. The predicted molar refractivity (Wildman–Crippen MR) is 44.0 cm³/mol. The van der Waals surface area contributed by atoms with Crippen LogP contribution in [0.5, 0.6) is 0 Å². The molecule has 0 aromatic heterocycles. The van der Waals surface area contributed by atoms with E-state index in [1.54, 1.807) is 0 Å². The summed E-state index contributed by atoms with van der Waals surface area (Å²) in [7, 11) is 0. The van der Waals surface area contributed by atoms with Crippen molar-refractivity contribution in [1.29, 1.82) is 0 Å². The summed E-state index contributed by atoms with van der Waals surface area (Å²) in [6.45, 7) is 4.55. The zero-order valence-electron chi connectivity index (χ0n) is 5.93. The van der Waals surface area contributed by atoms with Crippen LogP contribution in [0.2, 0.25) is 0 Å². The topological polar surface area (TPSA) is 12.0 Å². The van der Waals surface area contributed by atoms with Crippen molar-refractivity contribution in [3.63, 3.8) is 0 Å². The minimum Gasteiger partial charge on any atom is -0.315 e. The molecule has 1 aliphatic heterocycles. The first-order chi connectivity index (χ1) is 4.33. The summed E-state index contributed by atoms with van der Waals surface area (Å²) in [6, 6.07) is 0. The minimum atomic E-state index is 0.601. The van der Waals surface area contributed by atoms with Gasteiger partial charge in [0.1, 0.15) is 0 Å². The number of thiol groups is 1. The van der Waals surface area contributed by atoms with Gasteiger partial charge in [0.25, 0.3) is 0 Å². The highest BCUT2D eigenvalue weighted by molar-refractivity contribution is 7.81. The lowest BCUT2D eigenvalue weighted by atomic mass is 9.97. The van der Waals surface area contributed by atoms with E-state index in [4.69, 9.17) is 0 Å². The Morgan fingerprint density at radius 1 is 1.56 bits per heavy atom. The Morgan fingerprint density at radius 3 is 2.78 bits per heavy atom. The molecule has 0 radical (unpaired) electrons. The summed E-state index contributed by atoms with van der Waals surface area (Å²) < 4.78 is 0. The summed E-state index contributed by atoms with van der Waals surface area (Å²) >= 11 is 4.41. The number of piperidine rings is 1. The maximum atomic E-state index is 4.41. The van der Waals surface area contributed by atoms with Gasteiger partial charge in [0.15, 0.2) is 0 Å². The van der Waals surface area contributed by atoms with E-state index in [1.165, 1.54) is 19.4 Å². The van der Waals surface area contributed by atoms with Crippen molar-refractivity contribution in [2.24, 2.45) is 5.92 Å². The molecule has 1 aliphatic rings. The van der Waals surface area contributed by atoms with Gasteiger partial charge in [-0.2, -0.15) is 12.6 Å². The second-order valence-corrected chi connectivity index (χ2v) is 3.55. The molecule has 1 rings (SSSR count). The zero-order chi connectivity index (χ0) is 6.69. The van der Waals surface area contributed by atoms with Crippen LogP contribution in [0.3, 0.4) is 0 Å². The largest absolute Gasteiger partial charge is 0.315 e. The Balaban J connectivity index is 2.23. The molecule has 1 fully saturated rings. The van der Waals surface area contributed by atoms with Crippen LogP contribution in [0.15, 0.2) is 0 Å². The van der Waals surface area contributed by atoms with Crippen LogP contribution in [-0.2, 0) is 0 Å². The molecular weight excluding hydrogens is 130 g/mol. The normalized spacial score (nSPS) is 36.7. The molecular formula is C7H15NS. The van der Waals surface area contributed by atoms with E-state index in [0.29, 0.717) is 5.25 Å². The highest BCUT2D eigenvalue weighted by Crippen LogP contribution is 2.16. The van der Waals surface area contributed by atoms with Gasteiger partial charge in [-0.3, -0.25) is 0 Å². The van der Waals surface area contributed by atoms with Crippen LogP contribution in [0.25, 0.3) is 0 Å². The van der Waals surface area contributed by atoms with Crippen molar-refractivity contribution in [1.82, 2.24) is 5.32 Å². The standard InChI is InChI=1S/C7H15NS/c1-2-6-3-7(9)5-8-4-6/h6-9H,2-5H2,1H3. The minimum absolute atomic E-state index is 0.601. The quantitative estimate of drug-likeness (QED) is 0.530. The maximum absolute atomic E-state index is 4.41. The Hall–Kier alpha value is 0.310. The molecule has 1 N–H and O–H groups in total. The first-order valence-corrected chi connectivity index (χ1v) is 4.23. The highest BCUT2D eigenvalue weighted by atomic mass is 32.1. The fourth-order valence-corrected chi connectivity index (χ4v) is 1.74. The molecule has 1 saturated heterocycles. The van der Waals surface area contributed by atoms with E-state index in [-0.39, 0.29) is 0 Å². The second-order valence-electron chi connectivity index (χ2n) is 2.82. The van der Waals surface area contributed by atoms with E-state index in [0.717, 1.165) is 12.5 Å². The van der Waals surface area contributed by atoms with E-state index in [2.05, 4.69) is 24.9 Å². The van der Waals surface area contributed by atoms with E-state index in [1.807, 2.05) is 0 Å². The van der Waals surface area contributed by atoms with Crippen LogP contribution in [0.1, 0.15) is 19.8 Å². The Morgan fingerprint density at radius 2 is 2.33 bits per heavy atom. The lowest BCUT2D eigenvalue weighted by molar-refractivity contribution is 0.377. The van der Waals surface area contributed by atoms with Gasteiger partial charge >= 0.3 is 0 Å². The van der Waals surface area contributed by atoms with E-state index >= 15 is 0 Å². The number of hydrogen-bond acceptors (Lipinski definition) is 2. The molecule has 0 aromatic rings. The summed E-state index contributed by atoms with van der Waals surface area (Å²) in [5.74, 6) is 0.876. The van der Waals surface area contributed by atoms with Crippen molar-refractivity contribution >= 4 is 12.6 Å². The van der Waals surface area contributed by atoms with Crippen molar-refractivity contribution < 1.29 is 0 Å². The molecule has 0 saturated carbocycles. The molecule has 2 unspecified atom stereocenters. The van der Waals surface area contributed by atoms with Crippen LogP contribution >= 0.6 is 12.6 Å². The molecule has 9 heavy (non-hydrogen) atoms. The summed E-state index contributed by atoms with van der Waals surface area (Å²) in [4.78, 5) is 0. The van der Waals surface area contributed by atoms with Crippen molar-refractivity contribution in [3.8, 4) is 0 Å². The summed E-state index contributed by atoms with van der Waals surface area (Å²) in [6.07, 6.45) is 2.59. The lowest BCUT2D eigenvalue weighted by Crippen LogP contribution is -2.36. The van der Waals surface area contributed by atoms with Crippen molar-refractivity contribution in [3.05, 3.63) is 0 Å². The molecule has 1 nitrogen and oxygen atoms in total. The number of nitrogens with one attached hydrogen (secondary N) is 1. The third-order valence-corrected chi connectivity index (χ3v) is 2.39. The second kappa shape index (κ2) is 3.47. The van der Waals surface area contributed by atoms with Crippen LogP contribution in [-0.4, -0.2) is 18.3 Å². The third-order valence-electron chi connectivity index (χ3n) is 2.00. The van der Waals surface area contributed by atoms with Gasteiger partial charge in [-0.1, -0.05) is 13.3 Å². The van der Waals surface area contributed by atoms with Crippen LogP contribution < -0.4 is 5.32 Å². The average Bonchev–Trinajstić information content (AvgIpc) is 1.88. The Labute approximate surface area is 62.6 Å². The molecule has 0 spiro atoms. The lowest BCUT2D eigenvalue weighted by Gasteiger charge is -2.25. The van der Waals surface area contributed by atoms with Gasteiger partial charge < -0.3 is 5.32 Å². The molecule has 0 bridgehead atoms. The van der Waals surface area contributed by atoms with Crippen molar-refractivity contribution in [2.45, 2.75) is 25.0 Å². The SMILES string of the molecule is CCC1CNCC(S)C1. The van der Waals surface area contributed by atoms with E-state index < -0.39 is 0 Å². The smallest absolute Gasteiger partial charge is 0.0145 e. The van der Waals surface area contributed by atoms with Gasteiger partial charge in [0.2, 0.25) is 0 Å². The molecule has 2 atom stereocenters. The monoisotopic (exact) mass is 145 g/mol. The molecule has 0 amide bonds. The Bertz CT molecular complexity index is 85.0. The molecule has 2 heteroatoms. The van der Waals surface area contributed by atoms with E-state index in [9.17, 15) is 0 Å². The van der Waals surface area contributed by atoms with Gasteiger partial charge in [0, 0.05) is 11.8 Å². The Kier molecular flexibility index (Phi) is 2.86.